The molecule has 0 saturated heterocycles. The molecule has 5 atom stereocenters. The lowest BCUT2D eigenvalue weighted by molar-refractivity contribution is -0.137. The predicted octanol–water partition coefficient (Wildman–Crippen LogP) is 2.71. The highest BCUT2D eigenvalue weighted by molar-refractivity contribution is 5.66. The Bertz CT molecular complexity index is 625. The third-order valence-electron chi connectivity index (χ3n) is 5.10. The number of hydrogen-bond donors (Lipinski definition) is 4. The summed E-state index contributed by atoms with van der Waals surface area (Å²) in [5.41, 5.74) is 1.04. The van der Waals surface area contributed by atoms with Crippen LogP contribution in [0.2, 0.25) is 0 Å². The van der Waals surface area contributed by atoms with E-state index < -0.39 is 24.3 Å². The maximum atomic E-state index is 10.5. The Labute approximate surface area is 160 Å². The van der Waals surface area contributed by atoms with E-state index in [1.54, 1.807) is 6.08 Å². The Balaban J connectivity index is 1.86. The summed E-state index contributed by atoms with van der Waals surface area (Å²) in [6.45, 7) is 0. The fraction of sp³-hybridized carbons (Fsp3) is 0.500. The van der Waals surface area contributed by atoms with Crippen molar-refractivity contribution in [2.75, 3.05) is 0 Å². The lowest BCUT2D eigenvalue weighted by Crippen LogP contribution is -2.20. The van der Waals surface area contributed by atoms with Gasteiger partial charge in [0.1, 0.15) is 0 Å². The summed E-state index contributed by atoms with van der Waals surface area (Å²) in [6, 6.07) is 9.72. The van der Waals surface area contributed by atoms with Gasteiger partial charge in [-0.25, -0.2) is 0 Å². The first-order chi connectivity index (χ1) is 13.0. The molecule has 27 heavy (non-hydrogen) atoms. The summed E-state index contributed by atoms with van der Waals surface area (Å²) in [5.74, 6) is -1.10. The maximum absolute atomic E-state index is 10.5. The van der Waals surface area contributed by atoms with Crippen LogP contribution in [0.1, 0.15) is 37.7 Å². The number of hydrogen-bond acceptors (Lipinski definition) is 4. The van der Waals surface area contributed by atoms with E-state index >= 15 is 0 Å². The van der Waals surface area contributed by atoms with Crippen LogP contribution < -0.4 is 0 Å². The van der Waals surface area contributed by atoms with Crippen LogP contribution >= 0.6 is 0 Å². The maximum Gasteiger partial charge on any atom is 0.303 e. The standard InChI is InChI=1S/C22H30O5/c23-17(14-16-8-4-3-5-9-16)12-13-19-18(20(24)15-21(19)25)10-6-1-2-7-11-22(26)27/h1,3-6,8-9,12-13,17-21,23-25H,2,7,10-11,14-15H2,(H,26,27)/b6-1+,13-12+/t17-,18+,19-,20-,21+/m0/s1. The first-order valence-corrected chi connectivity index (χ1v) is 9.60. The van der Waals surface area contributed by atoms with E-state index in [1.165, 1.54) is 0 Å². The number of carboxylic acid groups (broad SMARTS) is 1. The zero-order valence-electron chi connectivity index (χ0n) is 15.5. The van der Waals surface area contributed by atoms with Crippen molar-refractivity contribution < 1.29 is 25.2 Å². The molecule has 148 valence electrons. The number of aliphatic carboxylic acids is 1. The molecule has 0 aromatic heterocycles. The molecular weight excluding hydrogens is 344 g/mol. The van der Waals surface area contributed by atoms with Crippen molar-refractivity contribution in [3.8, 4) is 0 Å². The fourth-order valence-corrected chi connectivity index (χ4v) is 3.63. The molecule has 0 radical (unpaired) electrons. The highest BCUT2D eigenvalue weighted by Gasteiger charge is 2.39. The average molecular weight is 374 g/mol. The van der Waals surface area contributed by atoms with Crippen LogP contribution in [-0.2, 0) is 11.2 Å². The Morgan fingerprint density at radius 3 is 2.59 bits per heavy atom. The van der Waals surface area contributed by atoms with E-state index in [4.69, 9.17) is 5.11 Å². The number of benzene rings is 1. The molecule has 5 nitrogen and oxygen atoms in total. The second-order valence-corrected chi connectivity index (χ2v) is 7.25. The van der Waals surface area contributed by atoms with E-state index in [9.17, 15) is 20.1 Å². The van der Waals surface area contributed by atoms with Gasteiger partial charge in [-0.05, 0) is 30.7 Å². The number of rotatable bonds is 10. The van der Waals surface area contributed by atoms with Crippen molar-refractivity contribution in [3.05, 3.63) is 60.2 Å². The van der Waals surface area contributed by atoms with Crippen molar-refractivity contribution in [2.45, 2.75) is 56.8 Å². The molecular formula is C22H30O5. The number of allylic oxidation sites excluding steroid dienone is 2. The van der Waals surface area contributed by atoms with Crippen LogP contribution in [0.15, 0.2) is 54.6 Å². The van der Waals surface area contributed by atoms with Crippen molar-refractivity contribution in [1.82, 2.24) is 0 Å². The Kier molecular flexibility index (Phi) is 8.72. The first-order valence-electron chi connectivity index (χ1n) is 9.60. The summed E-state index contributed by atoms with van der Waals surface area (Å²) in [4.78, 5) is 10.5. The molecule has 1 aliphatic rings. The van der Waals surface area contributed by atoms with E-state index in [2.05, 4.69) is 0 Å². The number of aliphatic hydroxyl groups is 3. The van der Waals surface area contributed by atoms with Crippen molar-refractivity contribution in [2.24, 2.45) is 11.8 Å². The van der Waals surface area contributed by atoms with Crippen molar-refractivity contribution >= 4 is 5.97 Å². The Morgan fingerprint density at radius 2 is 1.89 bits per heavy atom. The summed E-state index contributed by atoms with van der Waals surface area (Å²) in [5, 5.41) is 39.3. The molecule has 5 heteroatoms. The molecule has 1 fully saturated rings. The number of carbonyl (C=O) groups is 1. The second-order valence-electron chi connectivity index (χ2n) is 7.25. The topological polar surface area (TPSA) is 98.0 Å². The zero-order chi connectivity index (χ0) is 19.6. The first kappa shape index (κ1) is 21.4. The van der Waals surface area contributed by atoms with Gasteiger partial charge in [-0.15, -0.1) is 0 Å². The monoisotopic (exact) mass is 374 g/mol. The van der Waals surface area contributed by atoms with Gasteiger partial charge in [0.05, 0.1) is 18.3 Å². The lowest BCUT2D eigenvalue weighted by atomic mass is 9.89. The number of carboxylic acids is 1. The Morgan fingerprint density at radius 1 is 1.15 bits per heavy atom. The molecule has 0 heterocycles. The third-order valence-corrected chi connectivity index (χ3v) is 5.10. The molecule has 4 N–H and O–H groups in total. The normalized spacial score (nSPS) is 26.8. The molecule has 1 saturated carbocycles. The van der Waals surface area contributed by atoms with Gasteiger partial charge in [-0.2, -0.15) is 0 Å². The highest BCUT2D eigenvalue weighted by Crippen LogP contribution is 2.36. The third kappa shape index (κ3) is 7.29. The van der Waals surface area contributed by atoms with Gasteiger partial charge in [0, 0.05) is 25.2 Å². The average Bonchev–Trinajstić information content (AvgIpc) is 2.89. The summed E-state index contributed by atoms with van der Waals surface area (Å²) in [6.07, 6.45) is 8.50. The van der Waals surface area contributed by atoms with Gasteiger partial charge in [-0.1, -0.05) is 54.6 Å². The van der Waals surface area contributed by atoms with Crippen LogP contribution in [-0.4, -0.2) is 44.7 Å². The smallest absolute Gasteiger partial charge is 0.303 e. The number of aliphatic hydroxyl groups excluding tert-OH is 3. The lowest BCUT2D eigenvalue weighted by Gasteiger charge is -2.19. The molecule has 0 amide bonds. The van der Waals surface area contributed by atoms with E-state index in [1.807, 2.05) is 48.6 Å². The second kappa shape index (κ2) is 11.0. The minimum absolute atomic E-state index is 0.101. The summed E-state index contributed by atoms with van der Waals surface area (Å²) < 4.78 is 0. The molecule has 0 bridgehead atoms. The predicted molar refractivity (Wildman–Crippen MR) is 104 cm³/mol. The molecule has 1 aromatic rings. The van der Waals surface area contributed by atoms with Crippen LogP contribution in [0.4, 0.5) is 0 Å². The van der Waals surface area contributed by atoms with Gasteiger partial charge in [0.2, 0.25) is 0 Å². The summed E-state index contributed by atoms with van der Waals surface area (Å²) in [7, 11) is 0. The van der Waals surface area contributed by atoms with Gasteiger partial charge in [0.25, 0.3) is 0 Å². The van der Waals surface area contributed by atoms with Crippen LogP contribution in [0.3, 0.4) is 0 Å². The van der Waals surface area contributed by atoms with Gasteiger partial charge in [-0.3, -0.25) is 4.79 Å². The van der Waals surface area contributed by atoms with Gasteiger partial charge < -0.3 is 20.4 Å². The highest BCUT2D eigenvalue weighted by atomic mass is 16.4. The zero-order valence-corrected chi connectivity index (χ0v) is 15.5. The van der Waals surface area contributed by atoms with E-state index in [0.29, 0.717) is 32.1 Å². The molecule has 0 aliphatic heterocycles. The van der Waals surface area contributed by atoms with E-state index in [0.717, 1.165) is 5.56 Å². The molecule has 0 unspecified atom stereocenters. The molecule has 1 aromatic carbocycles. The van der Waals surface area contributed by atoms with Crippen LogP contribution in [0.5, 0.6) is 0 Å². The largest absolute Gasteiger partial charge is 0.481 e. The minimum atomic E-state index is -0.794. The molecule has 1 aliphatic carbocycles. The quantitative estimate of drug-likeness (QED) is 0.373. The van der Waals surface area contributed by atoms with Gasteiger partial charge in [0.15, 0.2) is 0 Å². The molecule has 2 rings (SSSR count). The van der Waals surface area contributed by atoms with E-state index in [-0.39, 0.29) is 18.3 Å². The Hall–Kier alpha value is -1.95. The van der Waals surface area contributed by atoms with Crippen molar-refractivity contribution in [3.63, 3.8) is 0 Å². The van der Waals surface area contributed by atoms with Crippen LogP contribution in [0.25, 0.3) is 0 Å². The van der Waals surface area contributed by atoms with Gasteiger partial charge >= 0.3 is 5.97 Å². The SMILES string of the molecule is O=C(O)CCC/C=C/C[C@@H]1[C@H](/C=C/[C@H](O)Cc2ccccc2)[C@H](O)C[C@@H]1O. The minimum Gasteiger partial charge on any atom is -0.481 e. The number of unbranched alkanes of at least 4 members (excludes halogenated alkanes) is 1. The summed E-state index contributed by atoms with van der Waals surface area (Å²) >= 11 is 0. The molecule has 0 spiro atoms. The van der Waals surface area contributed by atoms with Crippen molar-refractivity contribution in [1.29, 1.82) is 0 Å². The fourth-order valence-electron chi connectivity index (χ4n) is 3.63. The van der Waals surface area contributed by atoms with Crippen LogP contribution in [0, 0.1) is 11.8 Å².